The molecule has 0 aromatic heterocycles. The van der Waals surface area contributed by atoms with Gasteiger partial charge in [-0.25, -0.2) is 0 Å². The quantitative estimate of drug-likeness (QED) is 0.754. The number of benzene rings is 1. The first kappa shape index (κ1) is 18.9. The first-order chi connectivity index (χ1) is 11.6. The summed E-state index contributed by atoms with van der Waals surface area (Å²) in [5.74, 6) is 0.405. The van der Waals surface area contributed by atoms with E-state index in [9.17, 15) is 4.79 Å². The molecule has 1 fully saturated rings. The third-order valence-corrected chi connectivity index (χ3v) is 4.67. The number of amides is 1. The molecule has 0 bridgehead atoms. The van der Waals surface area contributed by atoms with Gasteiger partial charge in [-0.1, -0.05) is 44.2 Å². The summed E-state index contributed by atoms with van der Waals surface area (Å²) >= 11 is 0. The van der Waals surface area contributed by atoms with Gasteiger partial charge in [0.1, 0.15) is 0 Å². The van der Waals surface area contributed by atoms with E-state index in [1.54, 1.807) is 0 Å². The first-order valence-corrected chi connectivity index (χ1v) is 8.97. The van der Waals surface area contributed by atoms with E-state index < -0.39 is 0 Å². The highest BCUT2D eigenvalue weighted by atomic mass is 16.3. The van der Waals surface area contributed by atoms with Crippen molar-refractivity contribution in [3.05, 3.63) is 35.9 Å². The Balaban J connectivity index is 1.71. The number of hydrogen-bond donors (Lipinski definition) is 2. The van der Waals surface area contributed by atoms with Crippen LogP contribution in [0.3, 0.4) is 0 Å². The number of piperazine rings is 1. The van der Waals surface area contributed by atoms with Crippen LogP contribution in [-0.2, 0) is 11.3 Å². The molecule has 0 spiro atoms. The van der Waals surface area contributed by atoms with Gasteiger partial charge in [0.15, 0.2) is 0 Å². The molecule has 1 aliphatic heterocycles. The maximum atomic E-state index is 12.2. The Hall–Kier alpha value is -1.43. The van der Waals surface area contributed by atoms with Crippen molar-refractivity contribution >= 4 is 5.91 Å². The van der Waals surface area contributed by atoms with Crippen LogP contribution in [0.25, 0.3) is 0 Å². The number of nitrogens with one attached hydrogen (secondary N) is 1. The fourth-order valence-corrected chi connectivity index (χ4v) is 3.11. The van der Waals surface area contributed by atoms with Crippen molar-refractivity contribution in [1.82, 2.24) is 15.1 Å². The maximum Gasteiger partial charge on any atom is 0.234 e. The molecule has 2 rings (SSSR count). The summed E-state index contributed by atoms with van der Waals surface area (Å²) in [7, 11) is 0. The number of carbonyl (C=O) groups is 1. The molecule has 24 heavy (non-hydrogen) atoms. The van der Waals surface area contributed by atoms with Crippen LogP contribution in [0.4, 0.5) is 0 Å². The van der Waals surface area contributed by atoms with E-state index in [4.69, 9.17) is 5.11 Å². The molecule has 134 valence electrons. The minimum Gasteiger partial charge on any atom is -0.396 e. The molecule has 1 heterocycles. The van der Waals surface area contributed by atoms with Gasteiger partial charge in [0.2, 0.25) is 5.91 Å². The Kier molecular flexibility index (Phi) is 7.69. The Morgan fingerprint density at radius 1 is 1.12 bits per heavy atom. The second-order valence-corrected chi connectivity index (χ2v) is 6.97. The van der Waals surface area contributed by atoms with Crippen molar-refractivity contribution < 1.29 is 9.90 Å². The minimum atomic E-state index is 0.0573. The van der Waals surface area contributed by atoms with E-state index in [-0.39, 0.29) is 18.6 Å². The lowest BCUT2D eigenvalue weighted by molar-refractivity contribution is -0.123. The fraction of sp³-hybridized carbons (Fsp3) is 0.632. The summed E-state index contributed by atoms with van der Waals surface area (Å²) in [6.45, 7) is 9.52. The van der Waals surface area contributed by atoms with Crippen LogP contribution in [0.5, 0.6) is 0 Å². The van der Waals surface area contributed by atoms with E-state index in [0.717, 1.165) is 32.7 Å². The van der Waals surface area contributed by atoms with Crippen molar-refractivity contribution in [2.45, 2.75) is 32.9 Å². The van der Waals surface area contributed by atoms with Crippen molar-refractivity contribution in [1.29, 1.82) is 0 Å². The molecule has 1 unspecified atom stereocenters. The van der Waals surface area contributed by atoms with E-state index in [1.807, 2.05) is 6.07 Å². The molecule has 0 radical (unpaired) electrons. The minimum absolute atomic E-state index is 0.0573. The molecule has 1 amide bonds. The van der Waals surface area contributed by atoms with Gasteiger partial charge in [0, 0.05) is 45.4 Å². The van der Waals surface area contributed by atoms with E-state index in [0.29, 0.717) is 18.9 Å². The zero-order valence-electron chi connectivity index (χ0n) is 14.9. The summed E-state index contributed by atoms with van der Waals surface area (Å²) in [6, 6.07) is 10.6. The zero-order valence-corrected chi connectivity index (χ0v) is 14.9. The third-order valence-electron chi connectivity index (χ3n) is 4.67. The number of nitrogens with zero attached hydrogens (tertiary/aromatic N) is 2. The van der Waals surface area contributed by atoms with Gasteiger partial charge in [-0.05, 0) is 17.9 Å². The molecule has 1 aromatic carbocycles. The molecule has 2 N–H and O–H groups in total. The molecule has 0 aliphatic carbocycles. The number of aliphatic hydroxyl groups is 1. The van der Waals surface area contributed by atoms with Crippen LogP contribution in [0.2, 0.25) is 0 Å². The summed E-state index contributed by atoms with van der Waals surface area (Å²) < 4.78 is 0. The average molecular weight is 333 g/mol. The van der Waals surface area contributed by atoms with Gasteiger partial charge in [0.25, 0.3) is 0 Å². The molecule has 1 aromatic rings. The standard InChI is InChI=1S/C19H31N3O2/c1-16(2)18(8-13-23)20-19(24)15-22-11-9-21(10-12-22)14-17-6-4-3-5-7-17/h3-7,16,18,23H,8-15H2,1-2H3,(H,20,24). The van der Waals surface area contributed by atoms with Crippen LogP contribution in [0.15, 0.2) is 30.3 Å². The molecule has 5 nitrogen and oxygen atoms in total. The first-order valence-electron chi connectivity index (χ1n) is 8.97. The highest BCUT2D eigenvalue weighted by molar-refractivity contribution is 5.78. The second kappa shape index (κ2) is 9.77. The molecule has 1 aliphatic rings. The van der Waals surface area contributed by atoms with Crippen molar-refractivity contribution in [3.63, 3.8) is 0 Å². The number of aliphatic hydroxyl groups excluding tert-OH is 1. The predicted octanol–water partition coefficient (Wildman–Crippen LogP) is 1.33. The summed E-state index contributed by atoms with van der Waals surface area (Å²) in [5, 5.41) is 12.2. The van der Waals surface area contributed by atoms with Crippen LogP contribution < -0.4 is 5.32 Å². The van der Waals surface area contributed by atoms with Crippen LogP contribution in [-0.4, -0.2) is 66.2 Å². The van der Waals surface area contributed by atoms with Crippen molar-refractivity contribution in [3.8, 4) is 0 Å². The maximum absolute atomic E-state index is 12.2. The van der Waals surface area contributed by atoms with Gasteiger partial charge >= 0.3 is 0 Å². The lowest BCUT2D eigenvalue weighted by Gasteiger charge is -2.34. The Morgan fingerprint density at radius 2 is 1.75 bits per heavy atom. The molecule has 1 saturated heterocycles. The summed E-state index contributed by atoms with van der Waals surface area (Å²) in [4.78, 5) is 16.9. The summed E-state index contributed by atoms with van der Waals surface area (Å²) in [5.41, 5.74) is 1.34. The highest BCUT2D eigenvalue weighted by Crippen LogP contribution is 2.09. The molecule has 1 atom stereocenters. The predicted molar refractivity (Wildman–Crippen MR) is 96.6 cm³/mol. The monoisotopic (exact) mass is 333 g/mol. The van der Waals surface area contributed by atoms with Gasteiger partial charge in [-0.2, -0.15) is 0 Å². The van der Waals surface area contributed by atoms with E-state index in [2.05, 4.69) is 53.2 Å². The van der Waals surface area contributed by atoms with Crippen LogP contribution in [0.1, 0.15) is 25.8 Å². The smallest absolute Gasteiger partial charge is 0.234 e. The topological polar surface area (TPSA) is 55.8 Å². The summed E-state index contributed by atoms with van der Waals surface area (Å²) in [6.07, 6.45) is 0.619. The third kappa shape index (κ3) is 6.23. The SMILES string of the molecule is CC(C)C(CCO)NC(=O)CN1CCN(Cc2ccccc2)CC1. The van der Waals surface area contributed by atoms with Gasteiger partial charge < -0.3 is 10.4 Å². The van der Waals surface area contributed by atoms with Crippen molar-refractivity contribution in [2.24, 2.45) is 5.92 Å². The lowest BCUT2D eigenvalue weighted by Crippen LogP contribution is -2.50. The average Bonchev–Trinajstić information content (AvgIpc) is 2.57. The van der Waals surface area contributed by atoms with E-state index >= 15 is 0 Å². The zero-order chi connectivity index (χ0) is 17.4. The van der Waals surface area contributed by atoms with Crippen LogP contribution in [0, 0.1) is 5.92 Å². The number of rotatable bonds is 8. The number of hydrogen-bond acceptors (Lipinski definition) is 4. The van der Waals surface area contributed by atoms with Gasteiger partial charge in [0.05, 0.1) is 6.54 Å². The Bertz CT molecular complexity index is 485. The molecular weight excluding hydrogens is 302 g/mol. The Labute approximate surface area is 145 Å². The van der Waals surface area contributed by atoms with Crippen molar-refractivity contribution in [2.75, 3.05) is 39.3 Å². The normalized spacial score (nSPS) is 17.8. The largest absolute Gasteiger partial charge is 0.396 e. The second-order valence-electron chi connectivity index (χ2n) is 6.97. The molecule has 5 heteroatoms. The highest BCUT2D eigenvalue weighted by Gasteiger charge is 2.21. The fourth-order valence-electron chi connectivity index (χ4n) is 3.11. The van der Waals surface area contributed by atoms with Crippen LogP contribution >= 0.6 is 0 Å². The number of carbonyl (C=O) groups excluding carboxylic acids is 1. The molecular formula is C19H31N3O2. The molecule has 0 saturated carbocycles. The van der Waals surface area contributed by atoms with Gasteiger partial charge in [-0.3, -0.25) is 14.6 Å². The lowest BCUT2D eigenvalue weighted by atomic mass is 10.0. The van der Waals surface area contributed by atoms with Gasteiger partial charge in [-0.15, -0.1) is 0 Å². The van der Waals surface area contributed by atoms with E-state index in [1.165, 1.54) is 5.56 Å². The Morgan fingerprint density at radius 3 is 2.33 bits per heavy atom.